The molecular weight excluding hydrogens is 548 g/mol. The Labute approximate surface area is 252 Å². The van der Waals surface area contributed by atoms with Crippen LogP contribution in [0.4, 0.5) is 0 Å². The average molecular weight is 587 g/mol. The molecule has 0 spiro atoms. The fraction of sp³-hybridized carbons (Fsp3) is 0.500. The SMILES string of the molecule is CC1(C)CCC(CN2C[C@H]3C[C@@H]2CN3C(=O)c2ccc3c(c2)CN(C2CCC(=O)NC2=O)C3)=C(c2ccc(Cl)cc2)C1. The molecular formula is C34H39ClN4O3. The van der Waals surface area contributed by atoms with Gasteiger partial charge >= 0.3 is 0 Å². The topological polar surface area (TPSA) is 73.0 Å². The molecule has 1 aliphatic carbocycles. The Morgan fingerprint density at radius 3 is 2.52 bits per heavy atom. The van der Waals surface area contributed by atoms with E-state index >= 15 is 0 Å². The zero-order chi connectivity index (χ0) is 29.2. The number of nitrogens with one attached hydrogen (secondary N) is 1. The van der Waals surface area contributed by atoms with Crippen LogP contribution in [0.1, 0.15) is 79.4 Å². The third-order valence-corrected chi connectivity index (χ3v) is 10.5. The van der Waals surface area contributed by atoms with Gasteiger partial charge in [-0.1, -0.05) is 49.2 Å². The van der Waals surface area contributed by atoms with Crippen LogP contribution in [0.5, 0.6) is 0 Å². The van der Waals surface area contributed by atoms with Gasteiger partial charge in [-0.15, -0.1) is 0 Å². The van der Waals surface area contributed by atoms with Gasteiger partial charge in [0.15, 0.2) is 0 Å². The summed E-state index contributed by atoms with van der Waals surface area (Å²) in [5, 5.41) is 3.24. The van der Waals surface area contributed by atoms with E-state index in [2.05, 4.69) is 46.0 Å². The molecule has 3 amide bonds. The van der Waals surface area contributed by atoms with Crippen molar-refractivity contribution in [3.05, 3.63) is 75.3 Å². The number of hydrogen-bond acceptors (Lipinski definition) is 5. The number of amides is 3. The molecule has 1 N–H and O–H groups in total. The lowest BCUT2D eigenvalue weighted by Crippen LogP contribution is -2.50. The summed E-state index contributed by atoms with van der Waals surface area (Å²) < 4.78 is 0. The van der Waals surface area contributed by atoms with Crippen LogP contribution in [-0.2, 0) is 22.7 Å². The van der Waals surface area contributed by atoms with Crippen molar-refractivity contribution in [2.45, 2.75) is 83.6 Å². The molecule has 0 radical (unpaired) electrons. The fourth-order valence-electron chi connectivity index (χ4n) is 7.87. The number of carbonyl (C=O) groups is 3. The van der Waals surface area contributed by atoms with Crippen LogP contribution in [0.2, 0.25) is 5.02 Å². The second-order valence-corrected chi connectivity index (χ2v) is 14.2. The first kappa shape index (κ1) is 27.8. The number of carbonyl (C=O) groups excluding carboxylic acids is 3. The summed E-state index contributed by atoms with van der Waals surface area (Å²) in [6.07, 6.45) is 5.36. The first-order valence-corrected chi connectivity index (χ1v) is 15.7. The number of halogens is 1. The van der Waals surface area contributed by atoms with Crippen LogP contribution in [-0.4, -0.2) is 70.2 Å². The van der Waals surface area contributed by atoms with E-state index in [4.69, 9.17) is 11.6 Å². The minimum atomic E-state index is -0.292. The number of nitrogens with zero attached hydrogens (tertiary/aromatic N) is 3. The van der Waals surface area contributed by atoms with Gasteiger partial charge < -0.3 is 4.90 Å². The maximum atomic E-state index is 13.7. The molecule has 3 atom stereocenters. The summed E-state index contributed by atoms with van der Waals surface area (Å²) in [4.78, 5) is 44.5. The van der Waals surface area contributed by atoms with Gasteiger partial charge in [0.05, 0.1) is 6.04 Å². The first-order valence-electron chi connectivity index (χ1n) is 15.3. The molecule has 42 heavy (non-hydrogen) atoms. The summed E-state index contributed by atoms with van der Waals surface area (Å²) in [5.74, 6) is -0.286. The number of imide groups is 1. The number of likely N-dealkylation sites (tertiary alicyclic amines) is 2. The van der Waals surface area contributed by atoms with E-state index in [1.165, 1.54) is 17.6 Å². The maximum absolute atomic E-state index is 13.7. The molecule has 2 bridgehead atoms. The van der Waals surface area contributed by atoms with Gasteiger partial charge in [-0.05, 0) is 84.0 Å². The Hall–Kier alpha value is -3.00. The van der Waals surface area contributed by atoms with Crippen molar-refractivity contribution < 1.29 is 14.4 Å². The molecule has 0 aromatic heterocycles. The van der Waals surface area contributed by atoms with E-state index in [0.29, 0.717) is 37.4 Å². The zero-order valence-electron chi connectivity index (χ0n) is 24.5. The molecule has 5 aliphatic rings. The molecule has 3 fully saturated rings. The molecule has 7 nitrogen and oxygen atoms in total. The van der Waals surface area contributed by atoms with Gasteiger partial charge in [0.25, 0.3) is 5.91 Å². The number of allylic oxidation sites excluding steroid dienone is 1. The summed E-state index contributed by atoms with van der Waals surface area (Å²) in [5.41, 5.74) is 7.60. The molecule has 0 saturated carbocycles. The highest BCUT2D eigenvalue weighted by atomic mass is 35.5. The Kier molecular flexibility index (Phi) is 7.03. The van der Waals surface area contributed by atoms with E-state index in [0.717, 1.165) is 60.6 Å². The fourth-order valence-corrected chi connectivity index (χ4v) is 8.00. The van der Waals surface area contributed by atoms with Gasteiger partial charge in [0.2, 0.25) is 11.8 Å². The normalized spacial score (nSPS) is 27.5. The molecule has 2 aromatic carbocycles. The Morgan fingerprint density at radius 2 is 1.79 bits per heavy atom. The second kappa shape index (κ2) is 10.6. The van der Waals surface area contributed by atoms with Crippen molar-refractivity contribution in [3.8, 4) is 0 Å². The van der Waals surface area contributed by atoms with Crippen molar-refractivity contribution in [1.82, 2.24) is 20.0 Å². The Bertz CT molecular complexity index is 1480. The summed E-state index contributed by atoms with van der Waals surface area (Å²) in [6, 6.07) is 14.7. The standard InChI is InChI=1S/C34H39ClN4O3/c1-34(2)12-11-24(29(15-34)21-5-7-26(35)8-6-21)17-37-19-28-14-27(37)20-39(28)33(42)22-3-4-23-16-38(18-25(23)13-22)30-9-10-31(40)36-32(30)41/h3-8,13,27-28,30H,9-12,14-20H2,1-2H3,(H,36,40,41)/t27-,28-,30?/m1/s1. The molecule has 4 aliphatic heterocycles. The summed E-state index contributed by atoms with van der Waals surface area (Å²) in [6.45, 7) is 8.71. The highest BCUT2D eigenvalue weighted by Gasteiger charge is 2.46. The molecule has 1 unspecified atom stereocenters. The number of piperazine rings is 1. The monoisotopic (exact) mass is 586 g/mol. The molecule has 8 heteroatoms. The van der Waals surface area contributed by atoms with Crippen LogP contribution in [0.25, 0.3) is 5.57 Å². The highest BCUT2D eigenvalue weighted by Crippen LogP contribution is 2.44. The van der Waals surface area contributed by atoms with Crippen molar-refractivity contribution in [1.29, 1.82) is 0 Å². The average Bonchev–Trinajstić information content (AvgIpc) is 3.68. The third-order valence-electron chi connectivity index (χ3n) is 10.2. The smallest absolute Gasteiger partial charge is 0.254 e. The summed E-state index contributed by atoms with van der Waals surface area (Å²) in [7, 11) is 0. The van der Waals surface area contributed by atoms with Crippen molar-refractivity contribution >= 4 is 34.9 Å². The molecule has 2 aromatic rings. The number of piperidine rings is 1. The number of rotatable bonds is 5. The van der Waals surface area contributed by atoms with Gasteiger partial charge in [-0.25, -0.2) is 0 Å². The number of hydrogen-bond donors (Lipinski definition) is 1. The van der Waals surface area contributed by atoms with Crippen LogP contribution in [0.3, 0.4) is 0 Å². The molecule has 3 saturated heterocycles. The minimum Gasteiger partial charge on any atom is -0.333 e. The van der Waals surface area contributed by atoms with Crippen molar-refractivity contribution in [2.24, 2.45) is 5.41 Å². The number of fused-ring (bicyclic) bond motifs is 3. The van der Waals surface area contributed by atoms with Crippen LogP contribution < -0.4 is 5.32 Å². The molecule has 4 heterocycles. The highest BCUT2D eigenvalue weighted by molar-refractivity contribution is 6.30. The lowest BCUT2D eigenvalue weighted by atomic mass is 9.72. The van der Waals surface area contributed by atoms with Gasteiger partial charge in [0, 0.05) is 61.8 Å². The lowest BCUT2D eigenvalue weighted by Gasteiger charge is -2.38. The van der Waals surface area contributed by atoms with E-state index in [1.54, 1.807) is 5.57 Å². The maximum Gasteiger partial charge on any atom is 0.254 e. The third kappa shape index (κ3) is 5.20. The van der Waals surface area contributed by atoms with Gasteiger partial charge in [0.1, 0.15) is 0 Å². The van der Waals surface area contributed by atoms with E-state index < -0.39 is 0 Å². The van der Waals surface area contributed by atoms with E-state index in [1.807, 2.05) is 30.3 Å². The van der Waals surface area contributed by atoms with Crippen molar-refractivity contribution in [3.63, 3.8) is 0 Å². The zero-order valence-corrected chi connectivity index (χ0v) is 25.3. The quantitative estimate of drug-likeness (QED) is 0.498. The Balaban J connectivity index is 1.02. The van der Waals surface area contributed by atoms with Crippen molar-refractivity contribution in [2.75, 3.05) is 19.6 Å². The predicted molar refractivity (Wildman–Crippen MR) is 163 cm³/mol. The van der Waals surface area contributed by atoms with Gasteiger partial charge in [-0.3, -0.25) is 29.5 Å². The first-order chi connectivity index (χ1) is 20.1. The largest absolute Gasteiger partial charge is 0.333 e. The summed E-state index contributed by atoms with van der Waals surface area (Å²) >= 11 is 6.20. The molecule has 220 valence electrons. The van der Waals surface area contributed by atoms with Crippen LogP contribution in [0.15, 0.2) is 48.0 Å². The molecule has 7 rings (SSSR count). The number of benzene rings is 2. The predicted octanol–water partition coefficient (Wildman–Crippen LogP) is 5.02. The van der Waals surface area contributed by atoms with E-state index in [-0.39, 0.29) is 29.8 Å². The van der Waals surface area contributed by atoms with Crippen LogP contribution in [0, 0.1) is 5.41 Å². The van der Waals surface area contributed by atoms with Crippen LogP contribution >= 0.6 is 11.6 Å². The Morgan fingerprint density at radius 1 is 1.00 bits per heavy atom. The van der Waals surface area contributed by atoms with E-state index in [9.17, 15) is 14.4 Å². The van der Waals surface area contributed by atoms with Gasteiger partial charge in [-0.2, -0.15) is 0 Å². The second-order valence-electron chi connectivity index (χ2n) is 13.7. The minimum absolute atomic E-state index is 0.116. The lowest BCUT2D eigenvalue weighted by molar-refractivity contribution is -0.137.